The van der Waals surface area contributed by atoms with Gasteiger partial charge in [-0.3, -0.25) is 0 Å². The molecule has 1 aliphatic heterocycles. The fourth-order valence-corrected chi connectivity index (χ4v) is 3.74. The first kappa shape index (κ1) is 15.2. The summed E-state index contributed by atoms with van der Waals surface area (Å²) >= 11 is 5.78. The lowest BCUT2D eigenvalue weighted by molar-refractivity contribution is 0.0123. The van der Waals surface area contributed by atoms with Crippen LogP contribution in [0.4, 0.5) is 8.78 Å². The molecule has 0 saturated carbocycles. The summed E-state index contributed by atoms with van der Waals surface area (Å²) in [5.41, 5.74) is -1.49. The smallest absolute Gasteiger partial charge is 0.216 e. The minimum absolute atomic E-state index is 0.00533. The van der Waals surface area contributed by atoms with E-state index in [9.17, 15) is 17.2 Å². The number of rotatable bonds is 2. The third kappa shape index (κ3) is 2.64. The largest absolute Gasteiger partial charge is 0.389 e. The molecule has 0 saturated heterocycles. The predicted molar refractivity (Wildman–Crippen MR) is 71.1 cm³/mol. The van der Waals surface area contributed by atoms with Gasteiger partial charge in [-0.05, 0) is 26.0 Å². The summed E-state index contributed by atoms with van der Waals surface area (Å²) in [7, 11) is -4.20. The summed E-state index contributed by atoms with van der Waals surface area (Å²) in [5.74, 6) is -2.04. The van der Waals surface area contributed by atoms with Gasteiger partial charge in [0.05, 0.1) is 5.56 Å². The first-order valence-corrected chi connectivity index (χ1v) is 7.70. The number of nitrogens with zero attached hydrogens (tertiary/aromatic N) is 1. The highest BCUT2D eigenvalue weighted by Gasteiger charge is 2.41. The van der Waals surface area contributed by atoms with Crippen molar-refractivity contribution in [1.82, 2.24) is 0 Å². The summed E-state index contributed by atoms with van der Waals surface area (Å²) in [6.45, 7) is 3.29. The maximum absolute atomic E-state index is 13.6. The third-order valence-electron chi connectivity index (χ3n) is 2.80. The molecule has 0 bridgehead atoms. The van der Waals surface area contributed by atoms with Crippen LogP contribution in [0.25, 0.3) is 0 Å². The molecule has 1 atom stereocenters. The van der Waals surface area contributed by atoms with Crippen molar-refractivity contribution in [3.05, 3.63) is 35.4 Å². The Morgan fingerprint density at radius 3 is 2.35 bits per heavy atom. The van der Waals surface area contributed by atoms with Crippen molar-refractivity contribution >= 4 is 26.5 Å². The number of halogens is 3. The Morgan fingerprint density at radius 1 is 1.35 bits per heavy atom. The minimum atomic E-state index is -4.20. The van der Waals surface area contributed by atoms with Gasteiger partial charge in [0, 0.05) is 6.42 Å². The van der Waals surface area contributed by atoms with E-state index in [0.717, 1.165) is 18.2 Å². The molecule has 0 radical (unpaired) electrons. The predicted octanol–water partition coefficient (Wildman–Crippen LogP) is 3.13. The number of sulfone groups is 1. The molecule has 1 heterocycles. The molecular weight excluding hydrogens is 312 g/mol. The Hall–Kier alpha value is -1.21. The highest BCUT2D eigenvalue weighted by molar-refractivity contribution is 8.07. The second-order valence-corrected chi connectivity index (χ2v) is 7.74. The Labute approximate surface area is 120 Å². The van der Waals surface area contributed by atoms with Crippen molar-refractivity contribution in [2.45, 2.75) is 30.6 Å². The molecular formula is C12H12ClF2NO3S. The fourth-order valence-electron chi connectivity index (χ4n) is 1.76. The molecule has 1 aromatic rings. The van der Waals surface area contributed by atoms with Crippen LogP contribution < -0.4 is 0 Å². The van der Waals surface area contributed by atoms with E-state index in [2.05, 4.69) is 5.16 Å². The average Bonchev–Trinajstić information content (AvgIpc) is 2.70. The molecule has 0 fully saturated rings. The van der Waals surface area contributed by atoms with E-state index in [-0.39, 0.29) is 11.5 Å². The summed E-state index contributed by atoms with van der Waals surface area (Å²) < 4.78 is 49.8. The highest BCUT2D eigenvalue weighted by Crippen LogP contribution is 2.36. The first-order chi connectivity index (χ1) is 9.15. The second-order valence-electron chi connectivity index (χ2n) is 5.01. The van der Waals surface area contributed by atoms with Gasteiger partial charge in [0.2, 0.25) is 9.84 Å². The SMILES string of the molecule is CC1(C)CC(S(=O)(=O)C(Cl)c2c(F)cccc2F)=NO1. The van der Waals surface area contributed by atoms with Crippen LogP contribution in [0.1, 0.15) is 30.5 Å². The molecule has 1 aromatic carbocycles. The van der Waals surface area contributed by atoms with Crippen LogP contribution in [0.3, 0.4) is 0 Å². The Morgan fingerprint density at radius 2 is 1.90 bits per heavy atom. The third-order valence-corrected chi connectivity index (χ3v) is 5.38. The van der Waals surface area contributed by atoms with E-state index in [1.165, 1.54) is 0 Å². The van der Waals surface area contributed by atoms with Gasteiger partial charge in [-0.2, -0.15) is 0 Å². The molecule has 0 amide bonds. The van der Waals surface area contributed by atoms with Crippen LogP contribution in [0.15, 0.2) is 23.4 Å². The van der Waals surface area contributed by atoms with E-state index in [1.807, 2.05) is 0 Å². The number of hydrogen-bond donors (Lipinski definition) is 0. The van der Waals surface area contributed by atoms with Crippen LogP contribution in [0, 0.1) is 11.6 Å². The number of benzene rings is 1. The van der Waals surface area contributed by atoms with Gasteiger partial charge < -0.3 is 4.84 Å². The van der Waals surface area contributed by atoms with E-state index < -0.39 is 37.3 Å². The van der Waals surface area contributed by atoms with E-state index in [4.69, 9.17) is 16.4 Å². The van der Waals surface area contributed by atoms with Crippen molar-refractivity contribution in [3.8, 4) is 0 Å². The zero-order valence-corrected chi connectivity index (χ0v) is 12.3. The molecule has 110 valence electrons. The van der Waals surface area contributed by atoms with Crippen LogP contribution in [-0.2, 0) is 14.7 Å². The molecule has 1 aliphatic rings. The molecule has 20 heavy (non-hydrogen) atoms. The summed E-state index contributed by atoms with van der Waals surface area (Å²) in [5, 5.41) is 3.15. The molecule has 0 spiro atoms. The van der Waals surface area contributed by atoms with Crippen molar-refractivity contribution in [2.24, 2.45) is 5.16 Å². The normalized spacial score (nSPS) is 19.4. The summed E-state index contributed by atoms with van der Waals surface area (Å²) in [6, 6.07) is 3.02. The van der Waals surface area contributed by atoms with Crippen LogP contribution in [0.5, 0.6) is 0 Å². The van der Waals surface area contributed by atoms with Gasteiger partial charge >= 0.3 is 0 Å². The highest BCUT2D eigenvalue weighted by atomic mass is 35.5. The van der Waals surface area contributed by atoms with Gasteiger partial charge in [0.25, 0.3) is 0 Å². The standard InChI is InChI=1S/C12H12ClF2NO3S/c1-12(2)6-9(16-19-12)20(17,18)11(13)10-7(14)4-3-5-8(10)15/h3-5,11H,6H2,1-2H3. The van der Waals surface area contributed by atoms with E-state index in [1.54, 1.807) is 13.8 Å². The molecule has 0 aromatic heterocycles. The second kappa shape index (κ2) is 4.96. The Bertz CT molecular complexity index is 653. The van der Waals surface area contributed by atoms with E-state index >= 15 is 0 Å². The molecule has 2 rings (SSSR count). The Balaban J connectivity index is 2.41. The van der Waals surface area contributed by atoms with Crippen molar-refractivity contribution in [1.29, 1.82) is 0 Å². The average molecular weight is 324 g/mol. The van der Waals surface area contributed by atoms with Crippen LogP contribution >= 0.6 is 11.6 Å². The maximum Gasteiger partial charge on any atom is 0.216 e. The molecule has 0 N–H and O–H groups in total. The summed E-state index contributed by atoms with van der Waals surface area (Å²) in [6.07, 6.45) is -0.00533. The number of hydrogen-bond acceptors (Lipinski definition) is 4. The van der Waals surface area contributed by atoms with Gasteiger partial charge in [0.1, 0.15) is 17.2 Å². The lowest BCUT2D eigenvalue weighted by Gasteiger charge is -2.15. The first-order valence-electron chi connectivity index (χ1n) is 5.72. The fraction of sp³-hybridized carbons (Fsp3) is 0.417. The zero-order chi connectivity index (χ0) is 15.1. The van der Waals surface area contributed by atoms with Gasteiger partial charge in [-0.15, -0.1) is 0 Å². The quantitative estimate of drug-likeness (QED) is 0.786. The topological polar surface area (TPSA) is 55.7 Å². The van der Waals surface area contributed by atoms with Crippen molar-refractivity contribution in [2.75, 3.05) is 0 Å². The molecule has 4 nitrogen and oxygen atoms in total. The van der Waals surface area contributed by atoms with Gasteiger partial charge in [-0.1, -0.05) is 22.8 Å². The lowest BCUT2D eigenvalue weighted by atomic mass is 10.1. The van der Waals surface area contributed by atoms with Crippen LogP contribution in [0.2, 0.25) is 0 Å². The minimum Gasteiger partial charge on any atom is -0.389 e. The number of alkyl halides is 1. The lowest BCUT2D eigenvalue weighted by Crippen LogP contribution is -2.25. The summed E-state index contributed by atoms with van der Waals surface area (Å²) in [4.78, 5) is 4.95. The van der Waals surface area contributed by atoms with Crippen molar-refractivity contribution < 1.29 is 22.0 Å². The zero-order valence-electron chi connectivity index (χ0n) is 10.7. The van der Waals surface area contributed by atoms with Gasteiger partial charge in [0.15, 0.2) is 9.75 Å². The van der Waals surface area contributed by atoms with Crippen LogP contribution in [-0.4, -0.2) is 19.1 Å². The number of oxime groups is 1. The monoisotopic (exact) mass is 323 g/mol. The van der Waals surface area contributed by atoms with Crippen molar-refractivity contribution in [3.63, 3.8) is 0 Å². The van der Waals surface area contributed by atoms with Gasteiger partial charge in [-0.25, -0.2) is 17.2 Å². The van der Waals surface area contributed by atoms with E-state index in [0.29, 0.717) is 0 Å². The maximum atomic E-state index is 13.6. The molecule has 8 heteroatoms. The Kier molecular flexibility index (Phi) is 3.77. The molecule has 1 unspecified atom stereocenters. The molecule has 0 aliphatic carbocycles.